The number of unbranched alkanes of at least 4 members (excludes halogenated alkanes) is 4. The number of nitrogens with one attached hydrogen (secondary N) is 2. The minimum absolute atomic E-state index is 0.208. The van der Waals surface area contributed by atoms with Crippen molar-refractivity contribution in [1.29, 1.82) is 0 Å². The Morgan fingerprint density at radius 1 is 1.00 bits per heavy atom. The number of imidazole rings is 1. The van der Waals surface area contributed by atoms with E-state index in [4.69, 9.17) is 4.74 Å². The average molecular weight is 457 g/mol. The molecule has 4 rings (SSSR count). The highest BCUT2D eigenvalue weighted by atomic mass is 16.5. The van der Waals surface area contributed by atoms with E-state index in [1.165, 1.54) is 12.8 Å². The van der Waals surface area contributed by atoms with E-state index >= 15 is 0 Å². The highest BCUT2D eigenvalue weighted by molar-refractivity contribution is 6.00. The first-order valence-corrected chi connectivity index (χ1v) is 12.4. The molecule has 2 saturated heterocycles. The smallest absolute Gasteiger partial charge is 0.329 e. The lowest BCUT2D eigenvalue weighted by Crippen LogP contribution is -2.44. The number of ether oxygens (including phenoxy) is 1. The van der Waals surface area contributed by atoms with E-state index in [1.807, 2.05) is 12.1 Å². The third kappa shape index (κ3) is 5.55. The van der Waals surface area contributed by atoms with Gasteiger partial charge in [-0.15, -0.1) is 0 Å². The summed E-state index contributed by atoms with van der Waals surface area (Å²) in [5.74, 6) is -0.668. The molecule has 0 radical (unpaired) electrons. The molecule has 1 atom stereocenters. The topological polar surface area (TPSA) is 94.4 Å². The van der Waals surface area contributed by atoms with Crippen molar-refractivity contribution < 1.29 is 14.3 Å². The number of hydrogen-bond donors (Lipinski definition) is 2. The molecule has 1 unspecified atom stereocenters. The lowest BCUT2D eigenvalue weighted by Gasteiger charge is -2.22. The first kappa shape index (κ1) is 23.7. The number of nitrogens with zero attached hydrogens (tertiary/aromatic N) is 2. The number of aromatic nitrogens is 2. The summed E-state index contributed by atoms with van der Waals surface area (Å²) in [6.07, 6.45) is 9.87. The first-order chi connectivity index (χ1) is 16.1. The summed E-state index contributed by atoms with van der Waals surface area (Å²) in [6, 6.07) is 5.29. The third-order valence-electron chi connectivity index (χ3n) is 6.94. The number of aryl methyl sites for hydroxylation is 2. The van der Waals surface area contributed by atoms with Crippen LogP contribution in [0, 0.1) is 0 Å². The summed E-state index contributed by atoms with van der Waals surface area (Å²) in [5, 5.41) is 5.73. The van der Waals surface area contributed by atoms with E-state index in [9.17, 15) is 14.4 Å². The number of hydrogen-bond acceptors (Lipinski definition) is 5. The summed E-state index contributed by atoms with van der Waals surface area (Å²) in [7, 11) is 1.76. The fraction of sp³-hybridized carbons (Fsp3) is 0.640. The molecular formula is C25H36N4O4. The van der Waals surface area contributed by atoms with Gasteiger partial charge in [0.1, 0.15) is 6.04 Å². The number of para-hydroxylation sites is 1. The lowest BCUT2D eigenvalue weighted by molar-refractivity contribution is -0.135. The molecule has 2 N–H and O–H groups in total. The summed E-state index contributed by atoms with van der Waals surface area (Å²) in [6.45, 7) is 3.00. The van der Waals surface area contributed by atoms with Crippen molar-refractivity contribution in [2.45, 2.75) is 76.4 Å². The van der Waals surface area contributed by atoms with E-state index < -0.39 is 11.9 Å². The molecule has 1 aromatic carbocycles. The largest absolute Gasteiger partial charge is 0.378 e. The minimum atomic E-state index is -0.638. The molecule has 3 heterocycles. The van der Waals surface area contributed by atoms with Gasteiger partial charge in [0, 0.05) is 20.1 Å². The molecule has 8 nitrogen and oxygen atoms in total. The molecule has 2 amide bonds. The standard InChI is InChI=1S/C25H36N4O4/c1-28-23-18(8-5-3-2-4-6-17-33-19-13-15-26-16-14-19)9-7-10-20(23)29(25(28)32)21-11-12-22(30)27-24(21)31/h7,9-10,19,21,26H,2-6,8,11-17H2,1H3,(H,27,30,31). The van der Waals surface area contributed by atoms with Gasteiger partial charge >= 0.3 is 5.69 Å². The number of benzene rings is 1. The van der Waals surface area contributed by atoms with Crippen molar-refractivity contribution in [3.63, 3.8) is 0 Å². The van der Waals surface area contributed by atoms with Gasteiger partial charge in [-0.05, 0) is 63.2 Å². The SMILES string of the molecule is Cn1c(=O)n(C2CCC(=O)NC2=O)c2cccc(CCCCCCCOC3CCNCC3)c21. The predicted molar refractivity (Wildman–Crippen MR) is 127 cm³/mol. The summed E-state index contributed by atoms with van der Waals surface area (Å²) >= 11 is 0. The van der Waals surface area contributed by atoms with E-state index in [2.05, 4.69) is 16.7 Å². The molecule has 180 valence electrons. The number of carbonyl (C=O) groups is 2. The second-order valence-electron chi connectivity index (χ2n) is 9.30. The predicted octanol–water partition coefficient (Wildman–Crippen LogP) is 2.58. The van der Waals surface area contributed by atoms with Gasteiger partial charge < -0.3 is 10.1 Å². The monoisotopic (exact) mass is 456 g/mol. The second kappa shape index (κ2) is 11.1. The van der Waals surface area contributed by atoms with Gasteiger partial charge in [-0.1, -0.05) is 31.4 Å². The van der Waals surface area contributed by atoms with Crippen molar-refractivity contribution in [2.24, 2.45) is 7.05 Å². The van der Waals surface area contributed by atoms with Crippen LogP contribution in [0.5, 0.6) is 0 Å². The molecule has 2 aromatic rings. The zero-order chi connectivity index (χ0) is 23.2. The van der Waals surface area contributed by atoms with Crippen molar-refractivity contribution in [3.05, 3.63) is 34.2 Å². The summed E-state index contributed by atoms with van der Waals surface area (Å²) in [5.41, 5.74) is 2.58. The minimum Gasteiger partial charge on any atom is -0.378 e. The number of rotatable bonds is 10. The van der Waals surface area contributed by atoms with Crippen LogP contribution in [-0.4, -0.2) is 46.7 Å². The molecule has 1 aromatic heterocycles. The average Bonchev–Trinajstić information content (AvgIpc) is 3.07. The summed E-state index contributed by atoms with van der Waals surface area (Å²) in [4.78, 5) is 36.9. The molecule has 0 bridgehead atoms. The Morgan fingerprint density at radius 2 is 1.76 bits per heavy atom. The number of imide groups is 1. The number of amides is 2. The molecule has 8 heteroatoms. The third-order valence-corrected chi connectivity index (χ3v) is 6.94. The van der Waals surface area contributed by atoms with Crippen molar-refractivity contribution in [1.82, 2.24) is 19.8 Å². The highest BCUT2D eigenvalue weighted by Crippen LogP contribution is 2.26. The lowest BCUT2D eigenvalue weighted by atomic mass is 10.0. The summed E-state index contributed by atoms with van der Waals surface area (Å²) < 4.78 is 9.18. The molecule has 0 spiro atoms. The molecule has 33 heavy (non-hydrogen) atoms. The van der Waals surface area contributed by atoms with E-state index in [-0.39, 0.29) is 18.0 Å². The first-order valence-electron chi connectivity index (χ1n) is 12.4. The number of piperidine rings is 2. The molecule has 0 saturated carbocycles. The Labute approximate surface area is 194 Å². The van der Waals surface area contributed by atoms with E-state index in [0.29, 0.717) is 12.5 Å². The quantitative estimate of drug-likeness (QED) is 0.423. The van der Waals surface area contributed by atoms with Crippen LogP contribution in [0.2, 0.25) is 0 Å². The van der Waals surface area contributed by atoms with Crippen LogP contribution in [0.3, 0.4) is 0 Å². The maximum Gasteiger partial charge on any atom is 0.329 e. The maximum absolute atomic E-state index is 13.0. The zero-order valence-electron chi connectivity index (χ0n) is 19.6. The van der Waals surface area contributed by atoms with Crippen LogP contribution in [0.4, 0.5) is 0 Å². The molecule has 0 aliphatic carbocycles. The Morgan fingerprint density at radius 3 is 2.55 bits per heavy atom. The van der Waals surface area contributed by atoms with Crippen molar-refractivity contribution >= 4 is 22.8 Å². The van der Waals surface area contributed by atoms with Gasteiger partial charge in [0.25, 0.3) is 0 Å². The molecular weight excluding hydrogens is 420 g/mol. The second-order valence-corrected chi connectivity index (χ2v) is 9.30. The van der Waals surface area contributed by atoms with Crippen molar-refractivity contribution in [2.75, 3.05) is 19.7 Å². The van der Waals surface area contributed by atoms with Crippen LogP contribution in [-0.2, 0) is 27.8 Å². The normalized spacial score (nSPS) is 19.8. The van der Waals surface area contributed by atoms with Gasteiger partial charge in [-0.2, -0.15) is 0 Å². The molecule has 2 aliphatic rings. The molecule has 2 fully saturated rings. The van der Waals surface area contributed by atoms with Crippen LogP contribution in [0.15, 0.2) is 23.0 Å². The van der Waals surface area contributed by atoms with Gasteiger partial charge in [-0.3, -0.25) is 24.0 Å². The fourth-order valence-corrected chi connectivity index (χ4v) is 5.11. The Hall–Kier alpha value is -2.45. The van der Waals surface area contributed by atoms with Crippen LogP contribution < -0.4 is 16.3 Å². The van der Waals surface area contributed by atoms with Crippen LogP contribution in [0.25, 0.3) is 11.0 Å². The van der Waals surface area contributed by atoms with Gasteiger partial charge in [0.05, 0.1) is 17.1 Å². The van der Waals surface area contributed by atoms with Crippen LogP contribution in [0.1, 0.15) is 69.4 Å². The Balaban J connectivity index is 1.30. The number of fused-ring (bicyclic) bond motifs is 1. The Kier molecular flexibility index (Phi) is 7.98. The fourth-order valence-electron chi connectivity index (χ4n) is 5.11. The van der Waals surface area contributed by atoms with Crippen molar-refractivity contribution in [3.8, 4) is 0 Å². The highest BCUT2D eigenvalue weighted by Gasteiger charge is 2.31. The number of carbonyl (C=O) groups excluding carboxylic acids is 2. The van der Waals surface area contributed by atoms with Crippen LogP contribution >= 0.6 is 0 Å². The van der Waals surface area contributed by atoms with E-state index in [0.717, 1.165) is 74.8 Å². The Bertz CT molecular complexity index is 1030. The van der Waals surface area contributed by atoms with Gasteiger partial charge in [0.2, 0.25) is 11.8 Å². The molecule has 2 aliphatic heterocycles. The van der Waals surface area contributed by atoms with Gasteiger partial charge in [0.15, 0.2) is 0 Å². The maximum atomic E-state index is 13.0. The van der Waals surface area contributed by atoms with Gasteiger partial charge in [-0.25, -0.2) is 4.79 Å². The zero-order valence-corrected chi connectivity index (χ0v) is 19.6. The van der Waals surface area contributed by atoms with E-state index in [1.54, 1.807) is 16.2 Å².